The number of urea groups is 1. The number of nitrogens with zero attached hydrogens (tertiary/aromatic N) is 2. The number of nitrogens with one attached hydrogen (secondary N) is 1. The molecular weight excluding hydrogens is 274 g/mol. The van der Waals surface area contributed by atoms with Gasteiger partial charge in [-0.2, -0.15) is 0 Å². The molecule has 1 aliphatic rings. The van der Waals surface area contributed by atoms with E-state index in [0.717, 1.165) is 13.0 Å². The predicted molar refractivity (Wildman–Crippen MR) is 79.1 cm³/mol. The summed E-state index contributed by atoms with van der Waals surface area (Å²) < 4.78 is 0. The zero-order valence-electron chi connectivity index (χ0n) is 12.9. The van der Waals surface area contributed by atoms with E-state index >= 15 is 0 Å². The number of aliphatic hydroxyl groups excluding tert-OH is 1. The third kappa shape index (κ3) is 5.51. The minimum absolute atomic E-state index is 0.107. The molecule has 0 aromatic rings. The molecule has 122 valence electrons. The van der Waals surface area contributed by atoms with E-state index in [1.807, 2.05) is 13.8 Å². The van der Waals surface area contributed by atoms with E-state index in [0.29, 0.717) is 32.6 Å². The van der Waals surface area contributed by atoms with Crippen LogP contribution in [0.1, 0.15) is 26.7 Å². The van der Waals surface area contributed by atoms with Crippen LogP contribution in [0.25, 0.3) is 0 Å². The summed E-state index contributed by atoms with van der Waals surface area (Å²) >= 11 is 0. The third-order valence-corrected chi connectivity index (χ3v) is 4.05. The first-order chi connectivity index (χ1) is 9.99. The first-order valence-corrected chi connectivity index (χ1v) is 7.61. The molecular formula is C14H27N3O4. The monoisotopic (exact) mass is 301 g/mol. The van der Waals surface area contributed by atoms with Crippen LogP contribution in [0.3, 0.4) is 0 Å². The molecule has 1 saturated heterocycles. The number of aliphatic hydroxyl groups is 1. The highest BCUT2D eigenvalue weighted by atomic mass is 16.4. The molecule has 21 heavy (non-hydrogen) atoms. The fraction of sp³-hybridized carbons (Fsp3) is 0.857. The topological polar surface area (TPSA) is 93.1 Å². The summed E-state index contributed by atoms with van der Waals surface area (Å²) in [4.78, 5) is 27.3. The summed E-state index contributed by atoms with van der Waals surface area (Å²) in [5.74, 6) is -1.10. The first kappa shape index (κ1) is 17.7. The van der Waals surface area contributed by atoms with E-state index in [-0.39, 0.29) is 18.6 Å². The van der Waals surface area contributed by atoms with Crippen LogP contribution in [-0.4, -0.2) is 77.4 Å². The molecule has 7 nitrogen and oxygen atoms in total. The Bertz CT molecular complexity index is 351. The van der Waals surface area contributed by atoms with Crippen molar-refractivity contribution in [3.63, 3.8) is 0 Å². The Balaban J connectivity index is 2.55. The molecule has 1 fully saturated rings. The maximum Gasteiger partial charge on any atom is 0.326 e. The van der Waals surface area contributed by atoms with Gasteiger partial charge in [0.05, 0.1) is 6.61 Å². The zero-order chi connectivity index (χ0) is 15.8. The highest BCUT2D eigenvalue weighted by molar-refractivity contribution is 5.82. The maximum atomic E-state index is 12.2. The van der Waals surface area contributed by atoms with Crippen LogP contribution < -0.4 is 5.32 Å². The number of amides is 2. The fourth-order valence-corrected chi connectivity index (χ4v) is 2.45. The molecule has 2 amide bonds. The quantitative estimate of drug-likeness (QED) is 0.651. The van der Waals surface area contributed by atoms with Crippen molar-refractivity contribution in [2.45, 2.75) is 32.7 Å². The standard InChI is InChI=1S/C14H27N3O4/c1-3-11(2)12(13(19)20)15-14(21)17-6-4-5-16(7-8-17)9-10-18/h11-12,18H,3-10H2,1-2H3,(H,15,21)(H,19,20). The number of rotatable bonds is 6. The van der Waals surface area contributed by atoms with Gasteiger partial charge in [-0.15, -0.1) is 0 Å². The van der Waals surface area contributed by atoms with Gasteiger partial charge in [-0.3, -0.25) is 4.90 Å². The van der Waals surface area contributed by atoms with E-state index < -0.39 is 12.0 Å². The minimum atomic E-state index is -0.991. The van der Waals surface area contributed by atoms with Crippen molar-refractivity contribution in [1.82, 2.24) is 15.1 Å². The number of carboxylic acid groups (broad SMARTS) is 1. The summed E-state index contributed by atoms with van der Waals surface area (Å²) in [5, 5.41) is 20.8. The van der Waals surface area contributed by atoms with E-state index in [4.69, 9.17) is 5.11 Å². The Hall–Kier alpha value is -1.34. The number of carbonyl (C=O) groups is 2. The molecule has 2 atom stereocenters. The lowest BCUT2D eigenvalue weighted by Gasteiger charge is -2.26. The van der Waals surface area contributed by atoms with Gasteiger partial charge < -0.3 is 20.4 Å². The molecule has 2 unspecified atom stereocenters. The van der Waals surface area contributed by atoms with Gasteiger partial charge >= 0.3 is 12.0 Å². The average molecular weight is 301 g/mol. The molecule has 0 aliphatic carbocycles. The van der Waals surface area contributed by atoms with Crippen molar-refractivity contribution in [3.8, 4) is 0 Å². The lowest BCUT2D eigenvalue weighted by molar-refractivity contribution is -0.140. The number of hydrogen-bond donors (Lipinski definition) is 3. The van der Waals surface area contributed by atoms with Gasteiger partial charge in [0.1, 0.15) is 6.04 Å². The van der Waals surface area contributed by atoms with E-state index in [1.54, 1.807) is 4.90 Å². The van der Waals surface area contributed by atoms with Gasteiger partial charge in [-0.1, -0.05) is 20.3 Å². The number of aliphatic carboxylic acids is 1. The van der Waals surface area contributed by atoms with Crippen LogP contribution in [0.15, 0.2) is 0 Å². The molecule has 1 rings (SSSR count). The van der Waals surface area contributed by atoms with Crippen molar-refractivity contribution < 1.29 is 19.8 Å². The summed E-state index contributed by atoms with van der Waals surface area (Å²) in [6.07, 6.45) is 1.52. The van der Waals surface area contributed by atoms with Gasteiger partial charge in [-0.25, -0.2) is 9.59 Å². The van der Waals surface area contributed by atoms with Gasteiger partial charge in [0.15, 0.2) is 0 Å². The van der Waals surface area contributed by atoms with E-state index in [1.165, 1.54) is 0 Å². The number of carbonyl (C=O) groups excluding carboxylic acids is 1. The molecule has 0 aromatic carbocycles. The van der Waals surface area contributed by atoms with Crippen LogP contribution in [0.2, 0.25) is 0 Å². The molecule has 0 radical (unpaired) electrons. The maximum absolute atomic E-state index is 12.2. The minimum Gasteiger partial charge on any atom is -0.480 e. The lowest BCUT2D eigenvalue weighted by atomic mass is 9.99. The number of carboxylic acids is 1. The van der Waals surface area contributed by atoms with E-state index in [2.05, 4.69) is 10.2 Å². The predicted octanol–water partition coefficient (Wildman–Crippen LogP) is 0.195. The van der Waals surface area contributed by atoms with Crippen LogP contribution in [0.5, 0.6) is 0 Å². The highest BCUT2D eigenvalue weighted by Gasteiger charge is 2.28. The van der Waals surface area contributed by atoms with Crippen LogP contribution in [0.4, 0.5) is 4.79 Å². The Labute approximate surface area is 125 Å². The first-order valence-electron chi connectivity index (χ1n) is 7.61. The van der Waals surface area contributed by atoms with Crippen molar-refractivity contribution in [2.75, 3.05) is 39.3 Å². The van der Waals surface area contributed by atoms with Gasteiger partial charge in [0, 0.05) is 26.2 Å². The number of hydrogen-bond acceptors (Lipinski definition) is 4. The zero-order valence-corrected chi connectivity index (χ0v) is 12.9. The molecule has 0 saturated carbocycles. The van der Waals surface area contributed by atoms with Crippen LogP contribution in [-0.2, 0) is 4.79 Å². The van der Waals surface area contributed by atoms with Gasteiger partial charge in [-0.05, 0) is 18.9 Å². The highest BCUT2D eigenvalue weighted by Crippen LogP contribution is 2.10. The summed E-state index contributed by atoms with van der Waals surface area (Å²) in [6, 6.07) is -1.16. The lowest BCUT2D eigenvalue weighted by Crippen LogP contribution is -2.51. The van der Waals surface area contributed by atoms with Gasteiger partial charge in [0.2, 0.25) is 0 Å². The largest absolute Gasteiger partial charge is 0.480 e. The average Bonchev–Trinajstić information content (AvgIpc) is 2.69. The summed E-state index contributed by atoms with van der Waals surface area (Å²) in [5.41, 5.74) is 0. The van der Waals surface area contributed by atoms with Crippen molar-refractivity contribution in [2.24, 2.45) is 5.92 Å². The molecule has 0 bridgehead atoms. The third-order valence-electron chi connectivity index (χ3n) is 4.05. The molecule has 0 aromatic heterocycles. The van der Waals surface area contributed by atoms with Crippen molar-refractivity contribution in [1.29, 1.82) is 0 Å². The van der Waals surface area contributed by atoms with E-state index in [9.17, 15) is 14.7 Å². The SMILES string of the molecule is CCC(C)C(NC(=O)N1CCCN(CCO)CC1)C(=O)O. The second kappa shape index (κ2) is 8.84. The van der Waals surface area contributed by atoms with Gasteiger partial charge in [0.25, 0.3) is 0 Å². The molecule has 1 heterocycles. The normalized spacial score (nSPS) is 19.7. The van der Waals surface area contributed by atoms with Crippen molar-refractivity contribution >= 4 is 12.0 Å². The summed E-state index contributed by atoms with van der Waals surface area (Å²) in [7, 11) is 0. The molecule has 7 heteroatoms. The Morgan fingerprint density at radius 2 is 1.95 bits per heavy atom. The second-order valence-electron chi connectivity index (χ2n) is 5.56. The Morgan fingerprint density at radius 3 is 2.52 bits per heavy atom. The van der Waals surface area contributed by atoms with Crippen LogP contribution in [0, 0.1) is 5.92 Å². The molecule has 0 spiro atoms. The molecule has 1 aliphatic heterocycles. The Morgan fingerprint density at radius 1 is 1.24 bits per heavy atom. The molecule has 3 N–H and O–H groups in total. The fourth-order valence-electron chi connectivity index (χ4n) is 2.45. The number of β-amino-alcohol motifs (C(OH)–C–C–N with tert-alkyl or cyclic N) is 1. The van der Waals surface area contributed by atoms with Crippen molar-refractivity contribution in [3.05, 3.63) is 0 Å². The second-order valence-corrected chi connectivity index (χ2v) is 5.56. The Kier molecular flexibility index (Phi) is 7.45. The summed E-state index contributed by atoms with van der Waals surface area (Å²) in [6.45, 7) is 7.17. The van der Waals surface area contributed by atoms with Crippen LogP contribution >= 0.6 is 0 Å². The smallest absolute Gasteiger partial charge is 0.326 e.